The van der Waals surface area contributed by atoms with Crippen LogP contribution in [-0.2, 0) is 9.53 Å². The van der Waals surface area contributed by atoms with E-state index in [0.29, 0.717) is 18.1 Å². The Morgan fingerprint density at radius 2 is 2.27 bits per heavy atom. The molecule has 0 radical (unpaired) electrons. The van der Waals surface area contributed by atoms with E-state index < -0.39 is 5.97 Å². The maximum atomic E-state index is 11.2. The van der Waals surface area contributed by atoms with Gasteiger partial charge in [-0.1, -0.05) is 54.1 Å². The minimum Gasteiger partial charge on any atom is -0.477 e. The lowest BCUT2D eigenvalue weighted by Crippen LogP contribution is -2.38. The van der Waals surface area contributed by atoms with E-state index in [1.165, 1.54) is 6.92 Å². The number of carbonyl (C=O) groups is 1. The van der Waals surface area contributed by atoms with Crippen molar-refractivity contribution in [1.29, 1.82) is 0 Å². The molecular formula is C23H28ClN3O3. The first-order valence-electron chi connectivity index (χ1n) is 9.67. The first-order valence-corrected chi connectivity index (χ1v) is 10.0. The molecule has 0 saturated carbocycles. The van der Waals surface area contributed by atoms with Gasteiger partial charge in [0.05, 0.1) is 18.8 Å². The summed E-state index contributed by atoms with van der Waals surface area (Å²) in [4.78, 5) is 11.2. The molecule has 160 valence electrons. The van der Waals surface area contributed by atoms with Gasteiger partial charge in [0, 0.05) is 24.3 Å². The minimum absolute atomic E-state index is 0.0290. The van der Waals surface area contributed by atoms with Crippen LogP contribution in [0.3, 0.4) is 0 Å². The molecule has 2 N–H and O–H groups in total. The van der Waals surface area contributed by atoms with Crippen LogP contribution in [0.15, 0.2) is 78.1 Å². The zero-order chi connectivity index (χ0) is 21.9. The fourth-order valence-corrected chi connectivity index (χ4v) is 3.08. The van der Waals surface area contributed by atoms with Gasteiger partial charge in [-0.15, -0.1) is 6.58 Å². The van der Waals surface area contributed by atoms with Gasteiger partial charge in [-0.25, -0.2) is 4.79 Å². The number of methoxy groups -OCH3 is 1. The van der Waals surface area contributed by atoms with Gasteiger partial charge in [0.25, 0.3) is 0 Å². The number of hydrogen-bond acceptors (Lipinski definition) is 5. The fourth-order valence-electron chi connectivity index (χ4n) is 2.88. The molecule has 2 atom stereocenters. The van der Waals surface area contributed by atoms with Crippen LogP contribution in [-0.4, -0.2) is 41.7 Å². The van der Waals surface area contributed by atoms with Crippen LogP contribution >= 0.6 is 11.6 Å². The summed E-state index contributed by atoms with van der Waals surface area (Å²) >= 11 is 6.13. The molecule has 2 unspecified atom stereocenters. The molecule has 0 aliphatic carbocycles. The number of nitrogens with one attached hydrogen (secondary N) is 1. The lowest BCUT2D eigenvalue weighted by Gasteiger charge is -2.31. The molecule has 0 fully saturated rings. The fraction of sp³-hybridized carbons (Fsp3) is 0.304. The highest BCUT2D eigenvalue weighted by molar-refractivity contribution is 6.34. The molecule has 1 aromatic rings. The van der Waals surface area contributed by atoms with Gasteiger partial charge in [-0.05, 0) is 37.1 Å². The van der Waals surface area contributed by atoms with Crippen molar-refractivity contribution in [2.24, 2.45) is 5.10 Å². The molecule has 1 heterocycles. The number of ether oxygens (including phenoxy) is 1. The average Bonchev–Trinajstić information content (AvgIpc) is 2.74. The number of carboxylic acid groups (broad SMARTS) is 1. The van der Waals surface area contributed by atoms with E-state index in [4.69, 9.17) is 21.4 Å². The van der Waals surface area contributed by atoms with Gasteiger partial charge in [0.15, 0.2) is 0 Å². The predicted molar refractivity (Wildman–Crippen MR) is 121 cm³/mol. The van der Waals surface area contributed by atoms with Crippen LogP contribution < -0.4 is 5.32 Å². The number of halogens is 1. The van der Waals surface area contributed by atoms with E-state index in [-0.39, 0.29) is 17.9 Å². The molecule has 7 heteroatoms. The van der Waals surface area contributed by atoms with Crippen molar-refractivity contribution in [3.8, 4) is 0 Å². The summed E-state index contributed by atoms with van der Waals surface area (Å²) in [5.74, 6) is -1.04. The zero-order valence-corrected chi connectivity index (χ0v) is 18.0. The second-order valence-corrected chi connectivity index (χ2v) is 7.15. The molecule has 2 rings (SSSR count). The Kier molecular flexibility index (Phi) is 9.54. The van der Waals surface area contributed by atoms with E-state index >= 15 is 0 Å². The normalized spacial score (nSPS) is 18.6. The number of hydrazone groups is 1. The van der Waals surface area contributed by atoms with Crippen LogP contribution in [0, 0.1) is 0 Å². The Balaban J connectivity index is 2.14. The van der Waals surface area contributed by atoms with Crippen molar-refractivity contribution in [1.82, 2.24) is 10.3 Å². The number of hydrogen-bond donors (Lipinski definition) is 2. The highest BCUT2D eigenvalue weighted by atomic mass is 35.5. The summed E-state index contributed by atoms with van der Waals surface area (Å²) in [5, 5.41) is 19.1. The van der Waals surface area contributed by atoms with Crippen molar-refractivity contribution in [2.75, 3.05) is 13.8 Å². The number of rotatable bonds is 10. The Hall–Kier alpha value is -2.67. The quantitative estimate of drug-likeness (QED) is 0.417. The summed E-state index contributed by atoms with van der Waals surface area (Å²) in [6.07, 6.45) is 13.1. The van der Waals surface area contributed by atoms with Gasteiger partial charge >= 0.3 is 5.97 Å². The van der Waals surface area contributed by atoms with Gasteiger partial charge in [-0.2, -0.15) is 5.10 Å². The molecule has 0 bridgehead atoms. The second-order valence-electron chi connectivity index (χ2n) is 6.72. The Morgan fingerprint density at radius 3 is 2.93 bits per heavy atom. The molecular weight excluding hydrogens is 402 g/mol. The number of allylic oxidation sites excluding steroid dienone is 3. The smallest absolute Gasteiger partial charge is 0.351 e. The molecule has 30 heavy (non-hydrogen) atoms. The van der Waals surface area contributed by atoms with E-state index in [2.05, 4.69) is 23.1 Å². The Labute approximate surface area is 182 Å². The maximum Gasteiger partial charge on any atom is 0.351 e. The van der Waals surface area contributed by atoms with E-state index in [1.807, 2.05) is 48.6 Å². The number of nitrogens with zero attached hydrogens (tertiary/aromatic N) is 2. The molecule has 6 nitrogen and oxygen atoms in total. The second kappa shape index (κ2) is 12.1. The maximum absolute atomic E-state index is 11.2. The molecule has 1 aliphatic rings. The van der Waals surface area contributed by atoms with E-state index in [9.17, 15) is 4.79 Å². The summed E-state index contributed by atoms with van der Waals surface area (Å²) in [6.45, 7) is 5.59. The third kappa shape index (κ3) is 7.30. The molecule has 1 aromatic carbocycles. The van der Waals surface area contributed by atoms with Crippen molar-refractivity contribution in [3.63, 3.8) is 0 Å². The SMILES string of the molecule is C=CC(/C=C\C/C=C\CC1=CC(c2cccc(Cl)c2)NCN1/N=C(\C)C(=O)O)OC. The number of benzene rings is 1. The first-order chi connectivity index (χ1) is 14.4. The van der Waals surface area contributed by atoms with E-state index in [0.717, 1.165) is 17.7 Å². The molecule has 0 aromatic heterocycles. The van der Waals surface area contributed by atoms with Crippen LogP contribution in [0.2, 0.25) is 5.02 Å². The predicted octanol–water partition coefficient (Wildman–Crippen LogP) is 4.68. The lowest BCUT2D eigenvalue weighted by atomic mass is 10.0. The highest BCUT2D eigenvalue weighted by Crippen LogP contribution is 2.26. The summed E-state index contributed by atoms with van der Waals surface area (Å²) in [5.41, 5.74) is 1.99. The van der Waals surface area contributed by atoms with E-state index in [1.54, 1.807) is 18.2 Å². The zero-order valence-electron chi connectivity index (χ0n) is 17.3. The van der Waals surface area contributed by atoms with Crippen LogP contribution in [0.5, 0.6) is 0 Å². The van der Waals surface area contributed by atoms with Crippen LogP contribution in [0.4, 0.5) is 0 Å². The Bertz CT molecular complexity index is 861. The van der Waals surface area contributed by atoms with Gasteiger partial charge in [-0.3, -0.25) is 10.3 Å². The highest BCUT2D eigenvalue weighted by Gasteiger charge is 2.20. The monoisotopic (exact) mass is 429 g/mol. The van der Waals surface area contributed by atoms with Gasteiger partial charge < -0.3 is 9.84 Å². The molecule has 1 aliphatic heterocycles. The van der Waals surface area contributed by atoms with Crippen molar-refractivity contribution >= 4 is 23.3 Å². The third-order valence-electron chi connectivity index (χ3n) is 4.54. The number of aliphatic carboxylic acids is 1. The average molecular weight is 430 g/mol. The first kappa shape index (κ1) is 23.6. The third-order valence-corrected chi connectivity index (χ3v) is 4.77. The standard InChI is InChI=1S/C23H28ClN3O3/c1-4-21(30-3)13-8-6-5-7-12-20-15-22(18-10-9-11-19(24)14-18)25-16-27(20)26-17(2)23(28)29/h4-5,7-11,13-15,21-22,25H,1,6,12,16H2,2-3H3,(H,28,29)/b7-5-,13-8-,26-17+. The largest absolute Gasteiger partial charge is 0.477 e. The van der Waals surface area contributed by atoms with Crippen molar-refractivity contribution < 1.29 is 14.6 Å². The van der Waals surface area contributed by atoms with Gasteiger partial charge in [0.2, 0.25) is 0 Å². The van der Waals surface area contributed by atoms with Crippen molar-refractivity contribution in [2.45, 2.75) is 31.9 Å². The summed E-state index contributed by atoms with van der Waals surface area (Å²) < 4.78 is 5.21. The Morgan fingerprint density at radius 1 is 1.47 bits per heavy atom. The molecule has 0 spiro atoms. The molecule has 0 saturated heterocycles. The number of carboxylic acids is 1. The lowest BCUT2D eigenvalue weighted by molar-refractivity contribution is -0.129. The summed E-state index contributed by atoms with van der Waals surface area (Å²) in [7, 11) is 1.64. The topological polar surface area (TPSA) is 74.2 Å². The van der Waals surface area contributed by atoms with Crippen LogP contribution in [0.25, 0.3) is 0 Å². The van der Waals surface area contributed by atoms with Crippen LogP contribution in [0.1, 0.15) is 31.4 Å². The summed E-state index contributed by atoms with van der Waals surface area (Å²) in [6, 6.07) is 7.64. The molecule has 0 amide bonds. The van der Waals surface area contributed by atoms with Gasteiger partial charge in [0.1, 0.15) is 5.71 Å². The minimum atomic E-state index is -1.04. The van der Waals surface area contributed by atoms with Crippen molar-refractivity contribution in [3.05, 3.63) is 83.6 Å².